The molecule has 7 heteroatoms. The van der Waals surface area contributed by atoms with E-state index in [0.717, 1.165) is 28.2 Å². The van der Waals surface area contributed by atoms with Crippen LogP contribution in [0, 0.1) is 6.92 Å². The monoisotopic (exact) mass is 363 g/mol. The van der Waals surface area contributed by atoms with E-state index in [0.29, 0.717) is 22.7 Å². The highest BCUT2D eigenvalue weighted by Crippen LogP contribution is 2.31. The van der Waals surface area contributed by atoms with Crippen LogP contribution >= 0.6 is 11.6 Å². The SMILES string of the molecule is Cc1cnc2c(c1)CC(c1cc(NC(=O)c3ccnnc3)ccc1Cl)=N2. The lowest BCUT2D eigenvalue weighted by molar-refractivity contribution is 0.102. The van der Waals surface area contributed by atoms with Gasteiger partial charge in [-0.2, -0.15) is 10.2 Å². The molecule has 1 aliphatic rings. The molecule has 26 heavy (non-hydrogen) atoms. The zero-order valence-corrected chi connectivity index (χ0v) is 14.7. The smallest absolute Gasteiger partial charge is 0.257 e. The maximum absolute atomic E-state index is 12.3. The summed E-state index contributed by atoms with van der Waals surface area (Å²) in [4.78, 5) is 21.2. The van der Waals surface area contributed by atoms with Gasteiger partial charge in [-0.15, -0.1) is 0 Å². The lowest BCUT2D eigenvalue weighted by Crippen LogP contribution is -2.13. The largest absolute Gasteiger partial charge is 0.322 e. The summed E-state index contributed by atoms with van der Waals surface area (Å²) in [7, 11) is 0. The number of nitrogens with one attached hydrogen (secondary N) is 1. The van der Waals surface area contributed by atoms with E-state index < -0.39 is 0 Å². The molecule has 0 saturated carbocycles. The Bertz CT molecular complexity index is 1030. The predicted octanol–water partition coefficient (Wildman–Crippen LogP) is 3.76. The van der Waals surface area contributed by atoms with E-state index in [4.69, 9.17) is 11.6 Å². The number of hydrogen-bond acceptors (Lipinski definition) is 5. The second kappa shape index (κ2) is 6.65. The predicted molar refractivity (Wildman–Crippen MR) is 100 cm³/mol. The van der Waals surface area contributed by atoms with E-state index in [9.17, 15) is 4.79 Å². The number of pyridine rings is 1. The number of aliphatic imine (C=N–C) groups is 1. The highest BCUT2D eigenvalue weighted by Gasteiger charge is 2.20. The summed E-state index contributed by atoms with van der Waals surface area (Å²) in [5.74, 6) is 0.459. The van der Waals surface area contributed by atoms with E-state index in [1.165, 1.54) is 12.4 Å². The highest BCUT2D eigenvalue weighted by molar-refractivity contribution is 6.34. The Morgan fingerprint density at radius 2 is 2.04 bits per heavy atom. The molecule has 128 valence electrons. The molecule has 1 N–H and O–H groups in total. The Balaban J connectivity index is 1.61. The van der Waals surface area contributed by atoms with Crippen molar-refractivity contribution in [3.05, 3.63) is 76.2 Å². The number of nitrogens with zero attached hydrogens (tertiary/aromatic N) is 4. The lowest BCUT2D eigenvalue weighted by atomic mass is 10.0. The number of aryl methyl sites for hydroxylation is 1. The van der Waals surface area contributed by atoms with Crippen molar-refractivity contribution in [1.82, 2.24) is 15.2 Å². The molecule has 2 aromatic heterocycles. The van der Waals surface area contributed by atoms with Gasteiger partial charge in [0.1, 0.15) is 0 Å². The van der Waals surface area contributed by atoms with Crippen LogP contribution in [0.15, 0.2) is 53.9 Å². The van der Waals surface area contributed by atoms with Crippen LogP contribution in [0.2, 0.25) is 5.02 Å². The maximum atomic E-state index is 12.3. The minimum Gasteiger partial charge on any atom is -0.322 e. The summed E-state index contributed by atoms with van der Waals surface area (Å²) in [6.07, 6.45) is 5.35. The number of carbonyl (C=O) groups is 1. The molecule has 0 atom stereocenters. The molecule has 1 aromatic carbocycles. The molecule has 6 nitrogen and oxygen atoms in total. The Labute approximate surface area is 155 Å². The summed E-state index contributed by atoms with van der Waals surface area (Å²) in [5, 5.41) is 10.8. The van der Waals surface area contributed by atoms with Gasteiger partial charge in [0, 0.05) is 34.5 Å². The minimum absolute atomic E-state index is 0.262. The van der Waals surface area contributed by atoms with Crippen LogP contribution in [0.5, 0.6) is 0 Å². The van der Waals surface area contributed by atoms with Gasteiger partial charge in [0.05, 0.1) is 23.7 Å². The fourth-order valence-electron chi connectivity index (χ4n) is 2.81. The van der Waals surface area contributed by atoms with Gasteiger partial charge in [0.25, 0.3) is 5.91 Å². The number of benzene rings is 1. The first-order valence-electron chi connectivity index (χ1n) is 8.01. The van der Waals surface area contributed by atoms with E-state index in [1.807, 2.05) is 13.0 Å². The zero-order chi connectivity index (χ0) is 18.1. The van der Waals surface area contributed by atoms with Crippen LogP contribution in [0.1, 0.15) is 27.0 Å². The standard InChI is InChI=1S/C19H14ClN5O/c1-11-6-13-7-17(25-18(13)21-9-11)15-8-14(2-3-16(15)20)24-19(26)12-4-5-22-23-10-12/h2-6,8-10H,7H2,1H3,(H,24,26). The van der Waals surface area contributed by atoms with Gasteiger partial charge in [0.2, 0.25) is 0 Å². The summed E-state index contributed by atoms with van der Waals surface area (Å²) < 4.78 is 0. The van der Waals surface area contributed by atoms with E-state index in [-0.39, 0.29) is 5.91 Å². The average molecular weight is 364 g/mol. The Hall–Kier alpha value is -3.12. The number of anilines is 1. The quantitative estimate of drug-likeness (QED) is 0.768. The number of amides is 1. The Morgan fingerprint density at radius 1 is 1.15 bits per heavy atom. The van der Waals surface area contributed by atoms with Crippen molar-refractivity contribution >= 4 is 34.7 Å². The van der Waals surface area contributed by atoms with Gasteiger partial charge in [-0.05, 0) is 36.8 Å². The lowest BCUT2D eigenvalue weighted by Gasteiger charge is -2.09. The van der Waals surface area contributed by atoms with Crippen molar-refractivity contribution in [2.75, 3.05) is 5.32 Å². The summed E-state index contributed by atoms with van der Waals surface area (Å²) in [6.45, 7) is 2.00. The molecule has 0 spiro atoms. The van der Waals surface area contributed by atoms with Crippen molar-refractivity contribution in [1.29, 1.82) is 0 Å². The number of halogens is 1. The van der Waals surface area contributed by atoms with Crippen LogP contribution in [0.3, 0.4) is 0 Å². The third kappa shape index (κ3) is 3.19. The van der Waals surface area contributed by atoms with Gasteiger partial charge < -0.3 is 5.32 Å². The fourth-order valence-corrected chi connectivity index (χ4v) is 3.04. The second-order valence-corrected chi connectivity index (χ2v) is 6.42. The molecule has 0 unspecified atom stereocenters. The molecule has 1 aliphatic heterocycles. The molecule has 0 aliphatic carbocycles. The van der Waals surface area contributed by atoms with Crippen molar-refractivity contribution in [2.24, 2.45) is 4.99 Å². The van der Waals surface area contributed by atoms with Crippen LogP contribution in [-0.4, -0.2) is 26.8 Å². The first-order chi connectivity index (χ1) is 12.6. The maximum Gasteiger partial charge on any atom is 0.257 e. The average Bonchev–Trinajstić information content (AvgIpc) is 3.07. The van der Waals surface area contributed by atoms with E-state index >= 15 is 0 Å². The third-order valence-corrected chi connectivity index (χ3v) is 4.39. The minimum atomic E-state index is -0.262. The molecule has 0 radical (unpaired) electrons. The number of carbonyl (C=O) groups excluding carboxylic acids is 1. The first-order valence-corrected chi connectivity index (χ1v) is 8.39. The molecule has 1 amide bonds. The summed E-state index contributed by atoms with van der Waals surface area (Å²) in [6, 6.07) is 9.01. The Morgan fingerprint density at radius 3 is 2.85 bits per heavy atom. The van der Waals surface area contributed by atoms with Gasteiger partial charge in [-0.25, -0.2) is 9.98 Å². The Kier molecular flexibility index (Phi) is 4.18. The van der Waals surface area contributed by atoms with Crippen molar-refractivity contribution in [3.63, 3.8) is 0 Å². The number of hydrogen-bond donors (Lipinski definition) is 1. The van der Waals surface area contributed by atoms with E-state index in [1.54, 1.807) is 24.4 Å². The topological polar surface area (TPSA) is 80.1 Å². The van der Waals surface area contributed by atoms with Gasteiger partial charge in [-0.1, -0.05) is 17.7 Å². The van der Waals surface area contributed by atoms with Crippen molar-refractivity contribution in [2.45, 2.75) is 13.3 Å². The molecule has 3 heterocycles. The zero-order valence-electron chi connectivity index (χ0n) is 13.9. The molecule has 4 rings (SSSR count). The van der Waals surface area contributed by atoms with Crippen LogP contribution in [0.25, 0.3) is 0 Å². The van der Waals surface area contributed by atoms with Crippen molar-refractivity contribution in [3.8, 4) is 0 Å². The number of fused-ring (bicyclic) bond motifs is 1. The molecule has 0 fully saturated rings. The molecular weight excluding hydrogens is 350 g/mol. The highest BCUT2D eigenvalue weighted by atomic mass is 35.5. The summed E-state index contributed by atoms with van der Waals surface area (Å²) >= 11 is 6.37. The normalized spacial score (nSPS) is 12.5. The van der Waals surface area contributed by atoms with Crippen LogP contribution in [-0.2, 0) is 6.42 Å². The van der Waals surface area contributed by atoms with E-state index in [2.05, 4.69) is 31.6 Å². The van der Waals surface area contributed by atoms with Crippen molar-refractivity contribution < 1.29 is 4.79 Å². The van der Waals surface area contributed by atoms with Gasteiger partial charge in [-0.3, -0.25) is 4.79 Å². The van der Waals surface area contributed by atoms with Crippen LogP contribution < -0.4 is 5.32 Å². The molecule has 0 saturated heterocycles. The number of rotatable bonds is 3. The third-order valence-electron chi connectivity index (χ3n) is 4.06. The molecule has 0 bridgehead atoms. The molecule has 3 aromatic rings. The second-order valence-electron chi connectivity index (χ2n) is 6.01. The fraction of sp³-hybridized carbons (Fsp3) is 0.105. The first kappa shape index (κ1) is 16.4. The van der Waals surface area contributed by atoms with Crippen LogP contribution in [0.4, 0.5) is 11.5 Å². The van der Waals surface area contributed by atoms with Gasteiger partial charge >= 0.3 is 0 Å². The molecular formula is C19H14ClN5O. The number of aromatic nitrogens is 3. The summed E-state index contributed by atoms with van der Waals surface area (Å²) in [5.41, 5.74) is 4.86. The van der Waals surface area contributed by atoms with Gasteiger partial charge in [0.15, 0.2) is 5.82 Å².